The Labute approximate surface area is 200 Å². The van der Waals surface area contributed by atoms with Crippen molar-refractivity contribution >= 4 is 38.8 Å². The summed E-state index contributed by atoms with van der Waals surface area (Å²) in [4.78, 5) is 13.8. The number of nitrogen functional groups attached to an aromatic ring is 1. The zero-order chi connectivity index (χ0) is 23.9. The summed E-state index contributed by atoms with van der Waals surface area (Å²) < 4.78 is 39.0. The minimum Gasteiger partial charge on any atom is -0.454 e. The number of rotatable bonds is 6. The molecule has 2 aliphatic rings. The lowest BCUT2D eigenvalue weighted by molar-refractivity contribution is 0.174. The third-order valence-corrected chi connectivity index (χ3v) is 8.39. The molecule has 2 N–H and O–H groups in total. The second-order valence-electron chi connectivity index (χ2n) is 8.20. The number of aryl methyl sites for hydroxylation is 1. The van der Waals surface area contributed by atoms with Crippen molar-refractivity contribution in [1.29, 1.82) is 5.26 Å². The highest BCUT2D eigenvalue weighted by molar-refractivity contribution is 7.99. The molecule has 11 nitrogen and oxygen atoms in total. The predicted molar refractivity (Wildman–Crippen MR) is 125 cm³/mol. The lowest BCUT2D eigenvalue weighted by Gasteiger charge is -2.33. The summed E-state index contributed by atoms with van der Waals surface area (Å²) in [6.45, 7) is 1.13. The molecule has 0 saturated carbocycles. The topological polar surface area (TPSA) is 149 Å². The number of benzene rings is 1. The summed E-state index contributed by atoms with van der Waals surface area (Å²) in [7, 11) is -3.29. The normalized spacial score (nSPS) is 18.3. The lowest BCUT2D eigenvalue weighted by Crippen LogP contribution is -2.43. The number of fused-ring (bicyclic) bond motifs is 2. The average Bonchev–Trinajstić information content (AvgIpc) is 3.41. The monoisotopic (exact) mass is 501 g/mol. The summed E-state index contributed by atoms with van der Waals surface area (Å²) >= 11 is 1.30. The van der Waals surface area contributed by atoms with Gasteiger partial charge in [-0.3, -0.25) is 0 Å². The van der Waals surface area contributed by atoms with E-state index in [0.29, 0.717) is 57.8 Å². The number of nitrogens with two attached hydrogens (primary N) is 1. The Morgan fingerprint density at radius 2 is 2.06 bits per heavy atom. The Kier molecular flexibility index (Phi) is 5.97. The summed E-state index contributed by atoms with van der Waals surface area (Å²) in [5, 5.41) is 10.3. The van der Waals surface area contributed by atoms with Crippen molar-refractivity contribution in [1.82, 2.24) is 23.8 Å². The van der Waals surface area contributed by atoms with E-state index in [1.54, 1.807) is 16.4 Å². The van der Waals surface area contributed by atoms with Gasteiger partial charge in [0.2, 0.25) is 16.8 Å². The van der Waals surface area contributed by atoms with Gasteiger partial charge in [-0.25, -0.2) is 23.4 Å². The quantitative estimate of drug-likeness (QED) is 0.533. The van der Waals surface area contributed by atoms with Crippen LogP contribution in [-0.2, 0) is 16.6 Å². The molecule has 0 radical (unpaired) electrons. The highest BCUT2D eigenvalue weighted by Crippen LogP contribution is 2.41. The number of ether oxygens (including phenoxy) is 2. The van der Waals surface area contributed by atoms with Crippen LogP contribution < -0.4 is 15.2 Å². The van der Waals surface area contributed by atoms with Crippen molar-refractivity contribution in [3.63, 3.8) is 0 Å². The molecule has 13 heteroatoms. The smallest absolute Gasteiger partial charge is 0.231 e. The van der Waals surface area contributed by atoms with Gasteiger partial charge in [-0.15, -0.1) is 0 Å². The standard InChI is InChI=1S/C21H23N7O4S2/c1-34(29,30)28-6-3-2-4-14(28)5-7-27-20-18(19(23)24-11-25-20)26-21(27)33-17-9-16-15(31-12-32-16)8-13(17)10-22/h8-9,11,14H,2-7,12H2,1H3,(H2,23,24,25). The van der Waals surface area contributed by atoms with Gasteiger partial charge < -0.3 is 19.8 Å². The second kappa shape index (κ2) is 8.94. The van der Waals surface area contributed by atoms with E-state index in [0.717, 1.165) is 19.3 Å². The molecule has 0 amide bonds. The van der Waals surface area contributed by atoms with Gasteiger partial charge in [0.25, 0.3) is 0 Å². The van der Waals surface area contributed by atoms with Gasteiger partial charge >= 0.3 is 0 Å². The number of hydrogen-bond donors (Lipinski definition) is 1. The van der Waals surface area contributed by atoms with Crippen molar-refractivity contribution in [2.24, 2.45) is 0 Å². The molecule has 4 heterocycles. The molecule has 1 unspecified atom stereocenters. The Balaban J connectivity index is 1.50. The maximum atomic E-state index is 12.3. The predicted octanol–water partition coefficient (Wildman–Crippen LogP) is 2.36. The van der Waals surface area contributed by atoms with Gasteiger partial charge in [-0.2, -0.15) is 9.57 Å². The maximum absolute atomic E-state index is 12.3. The van der Waals surface area contributed by atoms with Crippen LogP contribution in [0.4, 0.5) is 5.82 Å². The SMILES string of the molecule is CS(=O)(=O)N1CCCCC1CCn1c(Sc2cc3c(cc2C#N)OCO3)nc2c(N)ncnc21. The maximum Gasteiger partial charge on any atom is 0.231 e. The van der Waals surface area contributed by atoms with E-state index in [9.17, 15) is 13.7 Å². The first kappa shape index (κ1) is 22.7. The minimum atomic E-state index is -3.29. The van der Waals surface area contributed by atoms with E-state index in [1.807, 2.05) is 4.57 Å². The summed E-state index contributed by atoms with van der Waals surface area (Å²) in [6.07, 6.45) is 5.90. The first-order chi connectivity index (χ1) is 16.3. The van der Waals surface area contributed by atoms with Crippen LogP contribution in [0.15, 0.2) is 28.5 Å². The molecule has 0 aliphatic carbocycles. The molecule has 5 rings (SSSR count). The second-order valence-corrected chi connectivity index (χ2v) is 11.1. The van der Waals surface area contributed by atoms with Gasteiger partial charge in [0.15, 0.2) is 33.6 Å². The van der Waals surface area contributed by atoms with Gasteiger partial charge in [0.1, 0.15) is 12.4 Å². The molecule has 0 spiro atoms. The number of sulfonamides is 1. The first-order valence-corrected chi connectivity index (χ1v) is 13.5. The van der Waals surface area contributed by atoms with Crippen LogP contribution in [0.25, 0.3) is 11.2 Å². The Morgan fingerprint density at radius 1 is 1.26 bits per heavy atom. The fourth-order valence-electron chi connectivity index (χ4n) is 4.38. The highest BCUT2D eigenvalue weighted by Gasteiger charge is 2.30. The van der Waals surface area contributed by atoms with Crippen LogP contribution in [-0.4, -0.2) is 57.9 Å². The molecule has 1 aromatic carbocycles. The van der Waals surface area contributed by atoms with Crippen LogP contribution in [0.2, 0.25) is 0 Å². The first-order valence-electron chi connectivity index (χ1n) is 10.8. The fraction of sp³-hybridized carbons (Fsp3) is 0.429. The van der Waals surface area contributed by atoms with Gasteiger partial charge in [-0.05, 0) is 25.3 Å². The van der Waals surface area contributed by atoms with Crippen LogP contribution in [0.1, 0.15) is 31.2 Å². The number of aromatic nitrogens is 4. The van der Waals surface area contributed by atoms with Crippen LogP contribution in [0.3, 0.4) is 0 Å². The van der Waals surface area contributed by atoms with Crippen molar-refractivity contribution in [2.45, 2.75) is 48.3 Å². The van der Waals surface area contributed by atoms with E-state index >= 15 is 0 Å². The Hall–Kier alpha value is -3.08. The largest absolute Gasteiger partial charge is 0.454 e. The van der Waals surface area contributed by atoms with Gasteiger partial charge in [0.05, 0.1) is 11.8 Å². The summed E-state index contributed by atoms with van der Waals surface area (Å²) in [5.41, 5.74) is 7.53. The van der Waals surface area contributed by atoms with E-state index in [4.69, 9.17) is 15.2 Å². The number of anilines is 1. The molecule has 0 bridgehead atoms. The third kappa shape index (κ3) is 4.24. The summed E-state index contributed by atoms with van der Waals surface area (Å²) in [6, 6.07) is 5.51. The summed E-state index contributed by atoms with van der Waals surface area (Å²) in [5.74, 6) is 1.35. The van der Waals surface area contributed by atoms with Crippen molar-refractivity contribution in [2.75, 3.05) is 25.3 Å². The Bertz CT molecular complexity index is 1400. The number of nitriles is 1. The zero-order valence-corrected chi connectivity index (χ0v) is 20.1. The zero-order valence-electron chi connectivity index (χ0n) is 18.5. The van der Waals surface area contributed by atoms with Crippen molar-refractivity contribution < 1.29 is 17.9 Å². The van der Waals surface area contributed by atoms with E-state index in [-0.39, 0.29) is 18.7 Å². The van der Waals surface area contributed by atoms with Crippen molar-refractivity contribution in [3.8, 4) is 17.6 Å². The minimum absolute atomic E-state index is 0.0987. The van der Waals surface area contributed by atoms with E-state index < -0.39 is 10.0 Å². The molecule has 34 heavy (non-hydrogen) atoms. The molecule has 3 aromatic rings. The Morgan fingerprint density at radius 3 is 2.82 bits per heavy atom. The molecular formula is C21H23N7O4S2. The molecular weight excluding hydrogens is 478 g/mol. The number of nitrogens with zero attached hydrogens (tertiary/aromatic N) is 6. The number of hydrogen-bond acceptors (Lipinski definition) is 10. The molecule has 1 saturated heterocycles. The molecule has 178 valence electrons. The molecule has 1 fully saturated rings. The third-order valence-electron chi connectivity index (χ3n) is 6.01. The van der Waals surface area contributed by atoms with Crippen molar-refractivity contribution in [3.05, 3.63) is 24.0 Å². The highest BCUT2D eigenvalue weighted by atomic mass is 32.2. The fourth-order valence-corrected chi connectivity index (χ4v) is 6.60. The van der Waals surface area contributed by atoms with Gasteiger partial charge in [0, 0.05) is 30.1 Å². The van der Waals surface area contributed by atoms with E-state index in [1.165, 1.54) is 24.3 Å². The van der Waals surface area contributed by atoms with Crippen LogP contribution in [0.5, 0.6) is 11.5 Å². The molecule has 2 aliphatic heterocycles. The number of imidazole rings is 1. The molecule has 1 atom stereocenters. The van der Waals surface area contributed by atoms with Crippen LogP contribution in [0, 0.1) is 11.3 Å². The molecule has 2 aromatic heterocycles. The number of piperidine rings is 1. The average molecular weight is 502 g/mol. The van der Waals surface area contributed by atoms with Crippen LogP contribution >= 0.6 is 11.8 Å². The van der Waals surface area contributed by atoms with Gasteiger partial charge in [-0.1, -0.05) is 18.2 Å². The lowest BCUT2D eigenvalue weighted by atomic mass is 10.0. The van der Waals surface area contributed by atoms with E-state index in [2.05, 4.69) is 21.0 Å².